The number of para-hydroxylation sites is 2. The quantitative estimate of drug-likeness (QED) is 0.702. The van der Waals surface area contributed by atoms with Gasteiger partial charge in [0.05, 0.1) is 12.8 Å². The topological polar surface area (TPSA) is 49.9 Å². The highest BCUT2D eigenvalue weighted by atomic mass is 16.5. The molecule has 5 heteroatoms. The predicted molar refractivity (Wildman–Crippen MR) is 92.8 cm³/mol. The van der Waals surface area contributed by atoms with E-state index in [0.717, 1.165) is 25.9 Å². The molecule has 5 nitrogen and oxygen atoms in total. The molecule has 1 rings (SSSR count). The van der Waals surface area contributed by atoms with Gasteiger partial charge in [0.15, 0.2) is 0 Å². The van der Waals surface area contributed by atoms with Gasteiger partial charge in [-0.15, -0.1) is 0 Å². The number of hydrogen-bond donors (Lipinski definition) is 0. The van der Waals surface area contributed by atoms with Gasteiger partial charge < -0.3 is 14.5 Å². The summed E-state index contributed by atoms with van der Waals surface area (Å²) in [6.07, 6.45) is 2.20. The Balaban J connectivity index is 2.81. The van der Waals surface area contributed by atoms with Crippen LogP contribution in [-0.2, 0) is 9.59 Å². The molecule has 0 aromatic heterocycles. The van der Waals surface area contributed by atoms with E-state index >= 15 is 0 Å². The van der Waals surface area contributed by atoms with Crippen molar-refractivity contribution < 1.29 is 14.3 Å². The number of benzene rings is 1. The fourth-order valence-electron chi connectivity index (χ4n) is 2.57. The smallest absolute Gasteiger partial charge is 0.224 e. The van der Waals surface area contributed by atoms with Crippen molar-refractivity contribution in [2.75, 3.05) is 31.6 Å². The van der Waals surface area contributed by atoms with Gasteiger partial charge in [0, 0.05) is 33.0 Å². The molecular formula is C18H28N2O3. The Morgan fingerprint density at radius 2 is 1.65 bits per heavy atom. The molecule has 0 bridgehead atoms. The zero-order chi connectivity index (χ0) is 17.2. The van der Waals surface area contributed by atoms with Crippen LogP contribution in [-0.4, -0.2) is 43.5 Å². The molecule has 0 aliphatic rings. The Bertz CT molecular complexity index is 511. The normalized spacial score (nSPS) is 10.3. The van der Waals surface area contributed by atoms with Crippen molar-refractivity contribution in [2.45, 2.75) is 40.0 Å². The van der Waals surface area contributed by atoms with Crippen molar-refractivity contribution in [3.63, 3.8) is 0 Å². The van der Waals surface area contributed by atoms with Gasteiger partial charge in [-0.25, -0.2) is 0 Å². The van der Waals surface area contributed by atoms with Gasteiger partial charge in [-0.3, -0.25) is 9.59 Å². The van der Waals surface area contributed by atoms with Crippen LogP contribution < -0.4 is 9.64 Å². The molecule has 0 fully saturated rings. The Kier molecular flexibility index (Phi) is 8.16. The fourth-order valence-corrected chi connectivity index (χ4v) is 2.57. The summed E-state index contributed by atoms with van der Waals surface area (Å²) in [6, 6.07) is 7.36. The lowest BCUT2D eigenvalue weighted by molar-refractivity contribution is -0.131. The molecule has 23 heavy (non-hydrogen) atoms. The van der Waals surface area contributed by atoms with Crippen LogP contribution >= 0.6 is 0 Å². The monoisotopic (exact) mass is 320 g/mol. The first-order valence-corrected chi connectivity index (χ1v) is 8.24. The van der Waals surface area contributed by atoms with Crippen molar-refractivity contribution in [2.24, 2.45) is 0 Å². The molecule has 128 valence electrons. The summed E-state index contributed by atoms with van der Waals surface area (Å²) in [5.74, 6) is 0.629. The van der Waals surface area contributed by atoms with E-state index in [1.54, 1.807) is 12.0 Å². The first-order valence-electron chi connectivity index (χ1n) is 8.24. The molecule has 0 saturated heterocycles. The van der Waals surface area contributed by atoms with Gasteiger partial charge in [0.2, 0.25) is 11.8 Å². The van der Waals surface area contributed by atoms with Gasteiger partial charge in [0.25, 0.3) is 0 Å². The molecule has 1 aromatic carbocycles. The Hall–Kier alpha value is -2.04. The third-order valence-electron chi connectivity index (χ3n) is 3.65. The number of carbonyl (C=O) groups excluding carboxylic acids is 2. The minimum absolute atomic E-state index is 0.0925. The van der Waals surface area contributed by atoms with Gasteiger partial charge in [0.1, 0.15) is 5.75 Å². The van der Waals surface area contributed by atoms with Crippen LogP contribution in [0.2, 0.25) is 0 Å². The summed E-state index contributed by atoms with van der Waals surface area (Å²) in [5, 5.41) is 0. The standard InChI is InChI=1S/C18H28N2O3/c1-5-12-19(13-6-2)18(22)11-14-20(15(3)21)16-9-7-8-10-17(16)23-4/h7-10H,5-6,11-14H2,1-4H3. The summed E-state index contributed by atoms with van der Waals surface area (Å²) in [4.78, 5) is 27.9. The molecule has 2 amide bonds. The van der Waals surface area contributed by atoms with Crippen LogP contribution in [0.15, 0.2) is 24.3 Å². The number of carbonyl (C=O) groups is 2. The van der Waals surface area contributed by atoms with E-state index in [1.165, 1.54) is 6.92 Å². The minimum Gasteiger partial charge on any atom is -0.495 e. The number of nitrogens with zero attached hydrogens (tertiary/aromatic N) is 2. The first-order chi connectivity index (χ1) is 11.0. The molecule has 0 saturated carbocycles. The number of amides is 2. The van der Waals surface area contributed by atoms with Crippen molar-refractivity contribution in [3.05, 3.63) is 24.3 Å². The Morgan fingerprint density at radius 1 is 1.04 bits per heavy atom. The lowest BCUT2D eigenvalue weighted by Gasteiger charge is -2.26. The van der Waals surface area contributed by atoms with Crippen LogP contribution in [0, 0.1) is 0 Å². The highest BCUT2D eigenvalue weighted by molar-refractivity contribution is 5.93. The average Bonchev–Trinajstić information content (AvgIpc) is 2.54. The molecule has 1 aromatic rings. The van der Waals surface area contributed by atoms with E-state index in [-0.39, 0.29) is 11.8 Å². The maximum atomic E-state index is 12.4. The van der Waals surface area contributed by atoms with Crippen molar-refractivity contribution >= 4 is 17.5 Å². The van der Waals surface area contributed by atoms with E-state index in [4.69, 9.17) is 4.74 Å². The zero-order valence-corrected chi connectivity index (χ0v) is 14.7. The van der Waals surface area contributed by atoms with Gasteiger partial charge >= 0.3 is 0 Å². The Labute approximate surface area is 139 Å². The molecule has 0 aliphatic carbocycles. The average molecular weight is 320 g/mol. The largest absolute Gasteiger partial charge is 0.495 e. The molecule has 0 atom stereocenters. The Morgan fingerprint density at radius 3 is 2.17 bits per heavy atom. The second-order valence-corrected chi connectivity index (χ2v) is 5.47. The minimum atomic E-state index is -0.0974. The van der Waals surface area contributed by atoms with Gasteiger partial charge in [-0.2, -0.15) is 0 Å². The van der Waals surface area contributed by atoms with Crippen molar-refractivity contribution in [1.29, 1.82) is 0 Å². The maximum Gasteiger partial charge on any atom is 0.224 e. The summed E-state index contributed by atoms with van der Waals surface area (Å²) in [7, 11) is 1.58. The highest BCUT2D eigenvalue weighted by Crippen LogP contribution is 2.27. The molecule has 0 radical (unpaired) electrons. The predicted octanol–water partition coefficient (Wildman–Crippen LogP) is 3.09. The first kappa shape index (κ1) is 19.0. The number of methoxy groups -OCH3 is 1. The van der Waals surface area contributed by atoms with E-state index in [1.807, 2.05) is 29.2 Å². The van der Waals surface area contributed by atoms with Crippen LogP contribution in [0.25, 0.3) is 0 Å². The van der Waals surface area contributed by atoms with Crippen LogP contribution in [0.1, 0.15) is 40.0 Å². The maximum absolute atomic E-state index is 12.4. The van der Waals surface area contributed by atoms with E-state index < -0.39 is 0 Å². The second kappa shape index (κ2) is 9.87. The summed E-state index contributed by atoms with van der Waals surface area (Å²) in [5.41, 5.74) is 0.702. The zero-order valence-electron chi connectivity index (χ0n) is 14.7. The summed E-state index contributed by atoms with van der Waals surface area (Å²) in [6.45, 7) is 7.52. The lowest BCUT2D eigenvalue weighted by Crippen LogP contribution is -2.37. The third-order valence-corrected chi connectivity index (χ3v) is 3.65. The number of rotatable bonds is 9. The lowest BCUT2D eigenvalue weighted by atomic mass is 10.2. The summed E-state index contributed by atoms with van der Waals surface area (Å²) < 4.78 is 5.32. The van der Waals surface area contributed by atoms with Crippen LogP contribution in [0.5, 0.6) is 5.75 Å². The van der Waals surface area contributed by atoms with Gasteiger partial charge in [-0.05, 0) is 25.0 Å². The number of hydrogen-bond acceptors (Lipinski definition) is 3. The second-order valence-electron chi connectivity index (χ2n) is 5.47. The molecule has 0 spiro atoms. The third kappa shape index (κ3) is 5.58. The fraction of sp³-hybridized carbons (Fsp3) is 0.556. The number of anilines is 1. The molecular weight excluding hydrogens is 292 g/mol. The molecule has 0 unspecified atom stereocenters. The van der Waals surface area contributed by atoms with Crippen molar-refractivity contribution in [1.82, 2.24) is 4.90 Å². The molecule has 0 N–H and O–H groups in total. The van der Waals surface area contributed by atoms with Crippen LogP contribution in [0.4, 0.5) is 5.69 Å². The summed E-state index contributed by atoms with van der Waals surface area (Å²) >= 11 is 0. The SMILES string of the molecule is CCCN(CCC)C(=O)CCN(C(C)=O)c1ccccc1OC. The highest BCUT2D eigenvalue weighted by Gasteiger charge is 2.19. The van der Waals surface area contributed by atoms with E-state index in [9.17, 15) is 9.59 Å². The number of ether oxygens (including phenoxy) is 1. The molecule has 0 aliphatic heterocycles. The van der Waals surface area contributed by atoms with E-state index in [0.29, 0.717) is 24.4 Å². The van der Waals surface area contributed by atoms with Gasteiger partial charge in [-0.1, -0.05) is 26.0 Å². The van der Waals surface area contributed by atoms with Crippen LogP contribution in [0.3, 0.4) is 0 Å². The van der Waals surface area contributed by atoms with E-state index in [2.05, 4.69) is 13.8 Å². The molecule has 0 heterocycles. The van der Waals surface area contributed by atoms with Crippen molar-refractivity contribution in [3.8, 4) is 5.75 Å².